The Morgan fingerprint density at radius 2 is 1.89 bits per heavy atom. The van der Waals surface area contributed by atoms with Crippen LogP contribution in [-0.2, 0) is 4.79 Å². The molecule has 0 heterocycles. The standard InChI is InChI=1S/C12H11F3O4/c1-7(11(17)18)6-9(16)8-4-2-3-5-10(8)19-12(13,14)15/h2-5,7H,6H2,1H3,(H,17,18). The van der Waals surface area contributed by atoms with Crippen LogP contribution in [-0.4, -0.2) is 23.2 Å². The molecule has 1 N–H and O–H groups in total. The zero-order valence-electron chi connectivity index (χ0n) is 9.90. The van der Waals surface area contributed by atoms with Gasteiger partial charge in [-0.15, -0.1) is 13.2 Å². The summed E-state index contributed by atoms with van der Waals surface area (Å²) in [4.78, 5) is 22.4. The number of carbonyl (C=O) groups is 2. The summed E-state index contributed by atoms with van der Waals surface area (Å²) >= 11 is 0. The summed E-state index contributed by atoms with van der Waals surface area (Å²) in [6.45, 7) is 1.30. The van der Waals surface area contributed by atoms with Gasteiger partial charge in [-0.05, 0) is 12.1 Å². The molecule has 4 nitrogen and oxygen atoms in total. The Morgan fingerprint density at radius 3 is 2.42 bits per heavy atom. The Bertz CT molecular complexity index is 482. The maximum absolute atomic E-state index is 12.1. The zero-order valence-corrected chi connectivity index (χ0v) is 9.90. The van der Waals surface area contributed by atoms with Gasteiger partial charge in [0, 0.05) is 6.42 Å². The molecule has 0 saturated carbocycles. The molecule has 0 radical (unpaired) electrons. The van der Waals surface area contributed by atoms with E-state index in [9.17, 15) is 22.8 Å². The first-order valence-electron chi connectivity index (χ1n) is 5.31. The molecular weight excluding hydrogens is 265 g/mol. The first-order valence-corrected chi connectivity index (χ1v) is 5.31. The van der Waals surface area contributed by atoms with E-state index in [4.69, 9.17) is 5.11 Å². The van der Waals surface area contributed by atoms with Gasteiger partial charge in [0.15, 0.2) is 5.78 Å². The van der Waals surface area contributed by atoms with Gasteiger partial charge in [-0.2, -0.15) is 0 Å². The van der Waals surface area contributed by atoms with Crippen LogP contribution in [0.1, 0.15) is 23.7 Å². The molecule has 0 fully saturated rings. The van der Waals surface area contributed by atoms with Crippen LogP contribution in [0, 0.1) is 5.92 Å². The van der Waals surface area contributed by atoms with Crippen molar-refractivity contribution in [1.29, 1.82) is 0 Å². The Labute approximate surface area is 106 Å². The van der Waals surface area contributed by atoms with E-state index in [2.05, 4.69) is 4.74 Å². The lowest BCUT2D eigenvalue weighted by molar-refractivity contribution is -0.274. The van der Waals surface area contributed by atoms with Crippen molar-refractivity contribution < 1.29 is 32.6 Å². The number of Topliss-reactive ketones (excluding diaryl/α,β-unsaturated/α-hetero) is 1. The Kier molecular flexibility index (Phi) is 4.52. The number of aliphatic carboxylic acids is 1. The van der Waals surface area contributed by atoms with Crippen LogP contribution in [0.5, 0.6) is 5.75 Å². The number of carboxylic acid groups (broad SMARTS) is 1. The summed E-state index contributed by atoms with van der Waals surface area (Å²) in [5, 5.41) is 8.67. The molecule has 0 spiro atoms. The number of halogens is 3. The van der Waals surface area contributed by atoms with Crippen LogP contribution in [0.3, 0.4) is 0 Å². The van der Waals surface area contributed by atoms with Crippen LogP contribution in [0.15, 0.2) is 24.3 Å². The minimum atomic E-state index is -4.91. The molecule has 19 heavy (non-hydrogen) atoms. The van der Waals surface area contributed by atoms with Crippen molar-refractivity contribution in [2.24, 2.45) is 5.92 Å². The highest BCUT2D eigenvalue weighted by Gasteiger charge is 2.33. The minimum Gasteiger partial charge on any atom is -0.481 e. The number of hydrogen-bond acceptors (Lipinski definition) is 3. The first-order chi connectivity index (χ1) is 8.70. The van der Waals surface area contributed by atoms with Gasteiger partial charge in [0.25, 0.3) is 0 Å². The number of alkyl halides is 3. The molecule has 7 heteroatoms. The Morgan fingerprint density at radius 1 is 1.32 bits per heavy atom. The molecule has 0 aliphatic rings. The second-order valence-electron chi connectivity index (χ2n) is 3.91. The van der Waals surface area contributed by atoms with Gasteiger partial charge in [-0.1, -0.05) is 19.1 Å². The topological polar surface area (TPSA) is 63.6 Å². The molecule has 104 valence electrons. The quantitative estimate of drug-likeness (QED) is 0.840. The molecule has 1 rings (SSSR count). The molecule has 0 aliphatic carbocycles. The maximum Gasteiger partial charge on any atom is 0.573 e. The lowest BCUT2D eigenvalue weighted by Gasteiger charge is -2.13. The van der Waals surface area contributed by atoms with Crippen LogP contribution >= 0.6 is 0 Å². The summed E-state index contributed by atoms with van der Waals surface area (Å²) < 4.78 is 40.2. The van der Waals surface area contributed by atoms with Gasteiger partial charge in [0.1, 0.15) is 5.75 Å². The van der Waals surface area contributed by atoms with E-state index in [-0.39, 0.29) is 5.56 Å². The van der Waals surface area contributed by atoms with Crippen molar-refractivity contribution in [1.82, 2.24) is 0 Å². The molecular formula is C12H11F3O4. The van der Waals surface area contributed by atoms with Crippen LogP contribution in [0.2, 0.25) is 0 Å². The third kappa shape index (κ3) is 4.61. The number of carbonyl (C=O) groups excluding carboxylic acids is 1. The third-order valence-corrected chi connectivity index (χ3v) is 2.33. The Balaban J connectivity index is 2.94. The largest absolute Gasteiger partial charge is 0.573 e. The summed E-state index contributed by atoms with van der Waals surface area (Å²) in [6, 6.07) is 4.84. The monoisotopic (exact) mass is 276 g/mol. The molecule has 0 amide bonds. The predicted octanol–water partition coefficient (Wildman–Crippen LogP) is 2.88. The minimum absolute atomic E-state index is 0.284. The molecule has 0 aromatic heterocycles. The first kappa shape index (κ1) is 15.0. The molecule has 1 atom stereocenters. The summed E-state index contributed by atoms with van der Waals surface area (Å²) in [5.41, 5.74) is -0.284. The molecule has 0 saturated heterocycles. The number of benzene rings is 1. The van der Waals surface area contributed by atoms with E-state index in [1.54, 1.807) is 0 Å². The van der Waals surface area contributed by atoms with Gasteiger partial charge in [0.2, 0.25) is 0 Å². The number of rotatable bonds is 5. The smallest absolute Gasteiger partial charge is 0.481 e. The zero-order chi connectivity index (χ0) is 14.6. The van der Waals surface area contributed by atoms with Crippen LogP contribution in [0.25, 0.3) is 0 Å². The lowest BCUT2D eigenvalue weighted by atomic mass is 9.99. The van der Waals surface area contributed by atoms with E-state index < -0.39 is 36.2 Å². The SMILES string of the molecule is CC(CC(=O)c1ccccc1OC(F)(F)F)C(=O)O. The second-order valence-corrected chi connectivity index (χ2v) is 3.91. The highest BCUT2D eigenvalue weighted by atomic mass is 19.4. The van der Waals surface area contributed by atoms with Crippen molar-refractivity contribution in [3.05, 3.63) is 29.8 Å². The van der Waals surface area contributed by atoms with Crippen molar-refractivity contribution >= 4 is 11.8 Å². The van der Waals surface area contributed by atoms with E-state index in [1.165, 1.54) is 19.1 Å². The fourth-order valence-corrected chi connectivity index (χ4v) is 1.39. The molecule has 0 bridgehead atoms. The highest BCUT2D eigenvalue weighted by Crippen LogP contribution is 2.27. The predicted molar refractivity (Wildman–Crippen MR) is 58.9 cm³/mol. The lowest BCUT2D eigenvalue weighted by Crippen LogP contribution is -2.20. The molecule has 1 aromatic carbocycles. The fraction of sp³-hybridized carbons (Fsp3) is 0.333. The number of ether oxygens (including phenoxy) is 1. The van der Waals surface area contributed by atoms with Gasteiger partial charge in [-0.3, -0.25) is 9.59 Å². The average Bonchev–Trinajstić information content (AvgIpc) is 2.27. The van der Waals surface area contributed by atoms with Crippen LogP contribution < -0.4 is 4.74 Å². The van der Waals surface area contributed by atoms with Crippen molar-refractivity contribution in [2.45, 2.75) is 19.7 Å². The fourth-order valence-electron chi connectivity index (χ4n) is 1.39. The van der Waals surface area contributed by atoms with Crippen molar-refractivity contribution in [3.63, 3.8) is 0 Å². The van der Waals surface area contributed by atoms with Crippen LogP contribution in [0.4, 0.5) is 13.2 Å². The summed E-state index contributed by atoms with van der Waals surface area (Å²) in [5.74, 6) is -3.51. The normalized spacial score (nSPS) is 12.8. The third-order valence-electron chi connectivity index (χ3n) is 2.33. The van der Waals surface area contributed by atoms with Gasteiger partial charge in [-0.25, -0.2) is 0 Å². The second kappa shape index (κ2) is 5.73. The highest BCUT2D eigenvalue weighted by molar-refractivity contribution is 6.00. The number of hydrogen-bond donors (Lipinski definition) is 1. The average molecular weight is 276 g/mol. The summed E-state index contributed by atoms with van der Waals surface area (Å²) in [7, 11) is 0. The molecule has 0 aliphatic heterocycles. The van der Waals surface area contributed by atoms with E-state index in [0.29, 0.717) is 0 Å². The molecule has 1 aromatic rings. The van der Waals surface area contributed by atoms with Gasteiger partial charge < -0.3 is 9.84 Å². The van der Waals surface area contributed by atoms with E-state index in [1.807, 2.05) is 0 Å². The number of para-hydroxylation sites is 1. The van der Waals surface area contributed by atoms with Gasteiger partial charge >= 0.3 is 12.3 Å². The molecule has 1 unspecified atom stereocenters. The Hall–Kier alpha value is -2.05. The maximum atomic E-state index is 12.1. The van der Waals surface area contributed by atoms with E-state index >= 15 is 0 Å². The van der Waals surface area contributed by atoms with Crippen molar-refractivity contribution in [2.75, 3.05) is 0 Å². The number of ketones is 1. The van der Waals surface area contributed by atoms with Crippen molar-refractivity contribution in [3.8, 4) is 5.75 Å². The van der Waals surface area contributed by atoms with Gasteiger partial charge in [0.05, 0.1) is 11.5 Å². The number of carboxylic acids is 1. The van der Waals surface area contributed by atoms with E-state index in [0.717, 1.165) is 12.1 Å². The summed E-state index contributed by atoms with van der Waals surface area (Å²) in [6.07, 6.45) is -5.30.